The van der Waals surface area contributed by atoms with Gasteiger partial charge in [0.25, 0.3) is 0 Å². The highest BCUT2D eigenvalue weighted by atomic mass is 32.1. The van der Waals surface area contributed by atoms with Crippen molar-refractivity contribution in [2.45, 2.75) is 39.4 Å². The number of hydrogen-bond donors (Lipinski definition) is 1. The van der Waals surface area contributed by atoms with Gasteiger partial charge in [-0.3, -0.25) is 4.99 Å². The maximum atomic E-state index is 12.6. The zero-order valence-electron chi connectivity index (χ0n) is 13.7. The van der Waals surface area contributed by atoms with Crippen molar-refractivity contribution < 1.29 is 13.2 Å². The van der Waals surface area contributed by atoms with Gasteiger partial charge in [-0.1, -0.05) is 13.8 Å². The molecule has 0 aromatic carbocycles. The lowest BCUT2D eigenvalue weighted by atomic mass is 9.97. The van der Waals surface area contributed by atoms with Gasteiger partial charge in [-0.15, -0.1) is 11.3 Å². The van der Waals surface area contributed by atoms with E-state index >= 15 is 0 Å². The molecule has 1 saturated heterocycles. The van der Waals surface area contributed by atoms with Crippen LogP contribution in [0.2, 0.25) is 0 Å². The van der Waals surface area contributed by atoms with Gasteiger partial charge in [-0.25, -0.2) is 4.98 Å². The molecule has 0 spiro atoms. The number of nitrogens with zero attached hydrogens (tertiary/aromatic N) is 3. The van der Waals surface area contributed by atoms with Gasteiger partial charge in [-0.05, 0) is 24.7 Å². The lowest BCUT2D eigenvalue weighted by molar-refractivity contribution is -0.140. The van der Waals surface area contributed by atoms with Gasteiger partial charge < -0.3 is 10.2 Å². The van der Waals surface area contributed by atoms with Crippen LogP contribution >= 0.6 is 11.3 Å². The number of thiazole rings is 1. The number of alkyl halides is 3. The molecular weight excluding hydrogens is 325 g/mol. The number of guanidine groups is 1. The van der Waals surface area contributed by atoms with E-state index in [9.17, 15) is 13.2 Å². The average Bonchev–Trinajstić information content (AvgIpc) is 3.08. The van der Waals surface area contributed by atoms with E-state index in [-0.39, 0.29) is 6.54 Å². The summed E-state index contributed by atoms with van der Waals surface area (Å²) in [5.41, 5.74) is -0.826. The fraction of sp³-hybridized carbons (Fsp3) is 0.733. The molecule has 1 aromatic heterocycles. The molecule has 0 amide bonds. The standard InChI is InChI=1S/C15H23F3N4S/c1-10(2)6-11-4-5-22(8-11)14(19-3)20-7-13-21-12(9-23-13)15(16,17)18/h9-11H,4-8H2,1-3H3,(H,19,20). The van der Waals surface area contributed by atoms with Gasteiger partial charge in [-0.2, -0.15) is 13.2 Å². The molecule has 2 heterocycles. The highest BCUT2D eigenvalue weighted by molar-refractivity contribution is 7.09. The van der Waals surface area contributed by atoms with E-state index in [1.165, 1.54) is 6.42 Å². The minimum absolute atomic E-state index is 0.263. The molecule has 0 aliphatic carbocycles. The predicted molar refractivity (Wildman–Crippen MR) is 86.4 cm³/mol. The number of nitrogens with one attached hydrogen (secondary N) is 1. The first-order chi connectivity index (χ1) is 10.8. The minimum atomic E-state index is -4.38. The summed E-state index contributed by atoms with van der Waals surface area (Å²) in [5.74, 6) is 2.07. The van der Waals surface area contributed by atoms with Crippen LogP contribution in [0.25, 0.3) is 0 Å². The quantitative estimate of drug-likeness (QED) is 0.668. The summed E-state index contributed by atoms with van der Waals surface area (Å²) in [7, 11) is 1.70. The average molecular weight is 348 g/mol. The molecule has 1 atom stereocenters. The Balaban J connectivity index is 1.88. The molecule has 2 rings (SSSR count). The summed E-state index contributed by atoms with van der Waals surface area (Å²) in [5, 5.41) is 4.59. The lowest BCUT2D eigenvalue weighted by Crippen LogP contribution is -2.39. The van der Waals surface area contributed by atoms with Gasteiger partial charge in [0.15, 0.2) is 11.7 Å². The van der Waals surface area contributed by atoms with Gasteiger partial charge in [0, 0.05) is 25.5 Å². The van der Waals surface area contributed by atoms with Crippen LogP contribution in [-0.4, -0.2) is 36.0 Å². The maximum Gasteiger partial charge on any atom is 0.434 e. The predicted octanol–water partition coefficient (Wildman–Crippen LogP) is 3.61. The molecule has 4 nitrogen and oxygen atoms in total. The van der Waals surface area contributed by atoms with Crippen molar-refractivity contribution >= 4 is 17.3 Å². The van der Waals surface area contributed by atoms with E-state index in [1.807, 2.05) is 0 Å². The molecule has 23 heavy (non-hydrogen) atoms. The van der Waals surface area contributed by atoms with Gasteiger partial charge in [0.1, 0.15) is 5.01 Å². The first-order valence-electron chi connectivity index (χ1n) is 7.76. The molecule has 0 saturated carbocycles. The zero-order valence-corrected chi connectivity index (χ0v) is 14.5. The third kappa shape index (κ3) is 5.09. The van der Waals surface area contributed by atoms with Crippen molar-refractivity contribution in [3.63, 3.8) is 0 Å². The third-order valence-electron chi connectivity index (χ3n) is 3.84. The van der Waals surface area contributed by atoms with Crippen LogP contribution in [0.1, 0.15) is 37.4 Å². The number of halogens is 3. The van der Waals surface area contributed by atoms with Crippen LogP contribution in [0.15, 0.2) is 10.4 Å². The monoisotopic (exact) mass is 348 g/mol. The summed E-state index contributed by atoms with van der Waals surface area (Å²) in [6, 6.07) is 0. The highest BCUT2D eigenvalue weighted by Crippen LogP contribution is 2.30. The first kappa shape index (κ1) is 18.0. The fourth-order valence-corrected chi connectivity index (χ4v) is 3.63. The van der Waals surface area contributed by atoms with Crippen molar-refractivity contribution in [3.05, 3.63) is 16.1 Å². The number of aromatic nitrogens is 1. The van der Waals surface area contributed by atoms with Crippen LogP contribution in [0, 0.1) is 11.8 Å². The minimum Gasteiger partial charge on any atom is -0.350 e. The SMILES string of the molecule is CN=C(NCc1nc(C(F)(F)F)cs1)N1CCC(CC(C)C)C1. The van der Waals surface area contributed by atoms with E-state index in [2.05, 4.69) is 34.0 Å². The zero-order chi connectivity index (χ0) is 17.0. The second kappa shape index (κ2) is 7.51. The Morgan fingerprint density at radius 3 is 2.83 bits per heavy atom. The Kier molecular flexibility index (Phi) is 5.89. The number of hydrogen-bond acceptors (Lipinski definition) is 3. The fourth-order valence-electron chi connectivity index (χ4n) is 2.89. The van der Waals surface area contributed by atoms with Crippen molar-refractivity contribution in [1.29, 1.82) is 0 Å². The van der Waals surface area contributed by atoms with E-state index in [0.29, 0.717) is 16.8 Å². The molecule has 0 bridgehead atoms. The Morgan fingerprint density at radius 1 is 1.52 bits per heavy atom. The maximum absolute atomic E-state index is 12.6. The Labute approximate surface area is 138 Å². The summed E-state index contributed by atoms with van der Waals surface area (Å²) < 4.78 is 37.7. The normalized spacial score (nSPS) is 19.7. The van der Waals surface area contributed by atoms with Crippen molar-refractivity contribution in [1.82, 2.24) is 15.2 Å². The second-order valence-corrected chi connectivity index (χ2v) is 7.20. The van der Waals surface area contributed by atoms with Crippen molar-refractivity contribution in [3.8, 4) is 0 Å². The van der Waals surface area contributed by atoms with Crippen molar-refractivity contribution in [2.75, 3.05) is 20.1 Å². The number of rotatable bonds is 4. The third-order valence-corrected chi connectivity index (χ3v) is 4.69. The van der Waals surface area contributed by atoms with Crippen LogP contribution in [-0.2, 0) is 12.7 Å². The Hall–Kier alpha value is -1.31. The van der Waals surface area contributed by atoms with E-state index in [0.717, 1.165) is 42.2 Å². The van der Waals surface area contributed by atoms with Gasteiger partial charge >= 0.3 is 6.18 Å². The van der Waals surface area contributed by atoms with Crippen LogP contribution in [0.3, 0.4) is 0 Å². The molecule has 1 aliphatic rings. The molecule has 0 radical (unpaired) electrons. The molecule has 1 aromatic rings. The van der Waals surface area contributed by atoms with E-state index in [1.54, 1.807) is 7.05 Å². The Morgan fingerprint density at radius 2 is 2.26 bits per heavy atom. The largest absolute Gasteiger partial charge is 0.434 e. The lowest BCUT2D eigenvalue weighted by Gasteiger charge is -2.21. The van der Waals surface area contributed by atoms with Crippen LogP contribution in [0.4, 0.5) is 13.2 Å². The number of aliphatic imine (C=N–C) groups is 1. The summed E-state index contributed by atoms with van der Waals surface area (Å²) in [4.78, 5) is 10.0. The molecule has 130 valence electrons. The molecule has 1 unspecified atom stereocenters. The molecule has 1 aliphatic heterocycles. The highest BCUT2D eigenvalue weighted by Gasteiger charge is 2.33. The summed E-state index contributed by atoms with van der Waals surface area (Å²) in [6.45, 7) is 6.58. The summed E-state index contributed by atoms with van der Waals surface area (Å²) in [6.07, 6.45) is -2.06. The van der Waals surface area contributed by atoms with E-state index < -0.39 is 11.9 Å². The van der Waals surface area contributed by atoms with Crippen molar-refractivity contribution in [2.24, 2.45) is 16.8 Å². The summed E-state index contributed by atoms with van der Waals surface area (Å²) >= 11 is 1.01. The molecular formula is C15H23F3N4S. The molecule has 8 heteroatoms. The van der Waals surface area contributed by atoms with Gasteiger partial charge in [0.2, 0.25) is 0 Å². The number of likely N-dealkylation sites (tertiary alicyclic amines) is 1. The molecule has 1 fully saturated rings. The van der Waals surface area contributed by atoms with Crippen LogP contribution in [0.5, 0.6) is 0 Å². The molecule has 1 N–H and O–H groups in total. The first-order valence-corrected chi connectivity index (χ1v) is 8.64. The van der Waals surface area contributed by atoms with Gasteiger partial charge in [0.05, 0.1) is 6.54 Å². The second-order valence-electron chi connectivity index (χ2n) is 6.26. The smallest absolute Gasteiger partial charge is 0.350 e. The Bertz CT molecular complexity index is 539. The van der Waals surface area contributed by atoms with Crippen LogP contribution < -0.4 is 5.32 Å². The van der Waals surface area contributed by atoms with E-state index in [4.69, 9.17) is 0 Å². The topological polar surface area (TPSA) is 40.5 Å².